The molecule has 1 aromatic carbocycles. The Labute approximate surface area is 162 Å². The molecule has 8 nitrogen and oxygen atoms in total. The number of fused-ring (bicyclic) bond motifs is 1. The topological polar surface area (TPSA) is 108 Å². The Balaban J connectivity index is 1.62. The second-order valence-corrected chi connectivity index (χ2v) is 6.93. The number of hydrogen-bond donors (Lipinski definition) is 0. The SMILES string of the molecule is Cc1noc2nc(-c3cccs3)cc(C(=O)OCc3ccc([N+](=O)[O-])cc3)c12. The van der Waals surface area contributed by atoms with E-state index in [0.29, 0.717) is 27.9 Å². The number of carbonyl (C=O) groups is 1. The zero-order chi connectivity index (χ0) is 19.7. The van der Waals surface area contributed by atoms with Crippen LogP contribution in [0.5, 0.6) is 0 Å². The third-order valence-corrected chi connectivity index (χ3v) is 5.02. The third kappa shape index (κ3) is 3.35. The molecule has 3 aromatic heterocycles. The monoisotopic (exact) mass is 395 g/mol. The fourth-order valence-corrected chi connectivity index (χ4v) is 3.43. The van der Waals surface area contributed by atoms with Crippen molar-refractivity contribution in [3.8, 4) is 10.6 Å². The van der Waals surface area contributed by atoms with E-state index in [9.17, 15) is 14.9 Å². The summed E-state index contributed by atoms with van der Waals surface area (Å²) in [7, 11) is 0. The highest BCUT2D eigenvalue weighted by Gasteiger charge is 2.21. The lowest BCUT2D eigenvalue weighted by Gasteiger charge is -2.07. The predicted octanol–water partition coefficient (Wildman–Crippen LogP) is 4.52. The minimum absolute atomic E-state index is 0.0146. The molecule has 4 aromatic rings. The smallest absolute Gasteiger partial charge is 0.339 e. The normalized spacial score (nSPS) is 10.9. The van der Waals surface area contributed by atoms with Gasteiger partial charge in [-0.15, -0.1) is 11.3 Å². The molecule has 0 saturated heterocycles. The minimum atomic E-state index is -0.546. The van der Waals surface area contributed by atoms with Crippen molar-refractivity contribution >= 4 is 34.1 Å². The van der Waals surface area contributed by atoms with Crippen molar-refractivity contribution in [1.29, 1.82) is 0 Å². The fraction of sp³-hybridized carbons (Fsp3) is 0.105. The van der Waals surface area contributed by atoms with Crippen molar-refractivity contribution in [2.24, 2.45) is 0 Å². The number of non-ortho nitro benzene ring substituents is 1. The van der Waals surface area contributed by atoms with E-state index in [0.717, 1.165) is 4.88 Å². The Kier molecular flexibility index (Phi) is 4.58. The maximum Gasteiger partial charge on any atom is 0.339 e. The maximum atomic E-state index is 12.8. The number of esters is 1. The van der Waals surface area contributed by atoms with Gasteiger partial charge in [0.1, 0.15) is 6.61 Å². The van der Waals surface area contributed by atoms with Crippen molar-refractivity contribution in [3.05, 3.63) is 74.8 Å². The van der Waals surface area contributed by atoms with Gasteiger partial charge in [-0.25, -0.2) is 9.78 Å². The number of ether oxygens (including phenoxy) is 1. The lowest BCUT2D eigenvalue weighted by Crippen LogP contribution is -2.07. The third-order valence-electron chi connectivity index (χ3n) is 4.13. The van der Waals surface area contributed by atoms with Crippen LogP contribution in [0.4, 0.5) is 5.69 Å². The number of benzene rings is 1. The molecular formula is C19H13N3O5S. The molecule has 0 unspecified atom stereocenters. The molecule has 0 saturated carbocycles. The van der Waals surface area contributed by atoms with Gasteiger partial charge in [0.15, 0.2) is 0 Å². The van der Waals surface area contributed by atoms with E-state index in [1.54, 1.807) is 25.1 Å². The van der Waals surface area contributed by atoms with Crippen molar-refractivity contribution in [2.75, 3.05) is 0 Å². The molecule has 0 aliphatic rings. The first-order chi connectivity index (χ1) is 13.5. The molecule has 0 aliphatic carbocycles. The van der Waals surface area contributed by atoms with Crippen molar-refractivity contribution in [2.45, 2.75) is 13.5 Å². The molecular weight excluding hydrogens is 382 g/mol. The molecule has 0 N–H and O–H groups in total. The fourth-order valence-electron chi connectivity index (χ4n) is 2.75. The number of hydrogen-bond acceptors (Lipinski definition) is 8. The molecule has 0 bridgehead atoms. The van der Waals surface area contributed by atoms with Gasteiger partial charge in [0, 0.05) is 12.1 Å². The number of rotatable bonds is 5. The van der Waals surface area contributed by atoms with Crippen LogP contribution in [-0.4, -0.2) is 21.0 Å². The molecule has 0 spiro atoms. The summed E-state index contributed by atoms with van der Waals surface area (Å²) >= 11 is 1.49. The highest BCUT2D eigenvalue weighted by Crippen LogP contribution is 2.30. The first-order valence-electron chi connectivity index (χ1n) is 8.24. The van der Waals surface area contributed by atoms with Gasteiger partial charge in [0.05, 0.1) is 32.1 Å². The van der Waals surface area contributed by atoms with Crippen LogP contribution in [0.2, 0.25) is 0 Å². The van der Waals surface area contributed by atoms with Crippen molar-refractivity contribution in [3.63, 3.8) is 0 Å². The molecule has 3 heterocycles. The van der Waals surface area contributed by atoms with Crippen molar-refractivity contribution in [1.82, 2.24) is 10.1 Å². The molecule has 0 radical (unpaired) electrons. The van der Waals surface area contributed by atoms with Gasteiger partial charge in [0.25, 0.3) is 11.4 Å². The van der Waals surface area contributed by atoms with E-state index < -0.39 is 10.9 Å². The Bertz CT molecular complexity index is 1170. The zero-order valence-electron chi connectivity index (χ0n) is 14.6. The first kappa shape index (κ1) is 17.8. The van der Waals surface area contributed by atoms with E-state index in [2.05, 4.69) is 10.1 Å². The predicted molar refractivity (Wildman–Crippen MR) is 102 cm³/mol. The molecule has 9 heteroatoms. The van der Waals surface area contributed by atoms with E-state index in [-0.39, 0.29) is 18.0 Å². The van der Waals surface area contributed by atoms with Gasteiger partial charge in [-0.3, -0.25) is 10.1 Å². The number of nitrogens with zero attached hydrogens (tertiary/aromatic N) is 3. The number of carbonyl (C=O) groups excluding carboxylic acids is 1. The number of aryl methyl sites for hydroxylation is 1. The Morgan fingerprint density at radius 1 is 1.29 bits per heavy atom. The average Bonchev–Trinajstić information content (AvgIpc) is 3.36. The standard InChI is InChI=1S/C19H13N3O5S/c1-11-17-14(9-15(16-3-2-8-28-16)20-18(17)27-21-11)19(23)26-10-12-4-6-13(7-5-12)22(24)25/h2-9H,10H2,1H3. The Hall–Kier alpha value is -3.59. The van der Waals surface area contributed by atoms with E-state index in [1.807, 2.05) is 17.5 Å². The van der Waals surface area contributed by atoms with E-state index >= 15 is 0 Å². The second-order valence-electron chi connectivity index (χ2n) is 5.98. The lowest BCUT2D eigenvalue weighted by atomic mass is 10.1. The van der Waals surface area contributed by atoms with Crippen LogP contribution in [0.3, 0.4) is 0 Å². The van der Waals surface area contributed by atoms with Crippen molar-refractivity contribution < 1.29 is 19.0 Å². The van der Waals surface area contributed by atoms with Gasteiger partial charge in [0.2, 0.25) is 0 Å². The quantitative estimate of drug-likeness (QED) is 0.277. The zero-order valence-corrected chi connectivity index (χ0v) is 15.4. The summed E-state index contributed by atoms with van der Waals surface area (Å²) in [6, 6.07) is 11.3. The molecule has 0 fully saturated rings. The van der Waals surface area contributed by atoms with Gasteiger partial charge in [-0.05, 0) is 42.1 Å². The minimum Gasteiger partial charge on any atom is -0.457 e. The molecule has 140 valence electrons. The maximum absolute atomic E-state index is 12.8. The number of nitro groups is 1. The highest BCUT2D eigenvalue weighted by molar-refractivity contribution is 7.13. The largest absolute Gasteiger partial charge is 0.457 e. The summed E-state index contributed by atoms with van der Waals surface area (Å²) in [5.41, 5.74) is 2.35. The lowest BCUT2D eigenvalue weighted by molar-refractivity contribution is -0.384. The van der Waals surface area contributed by atoms with Gasteiger partial charge in [-0.2, -0.15) is 0 Å². The van der Waals surface area contributed by atoms with Crippen LogP contribution in [0.25, 0.3) is 21.7 Å². The summed E-state index contributed by atoms with van der Waals surface area (Å²) in [6.07, 6.45) is 0. The molecule has 0 amide bonds. The number of thiophene rings is 1. The van der Waals surface area contributed by atoms with Crippen LogP contribution >= 0.6 is 11.3 Å². The van der Waals surface area contributed by atoms with Crippen LogP contribution in [-0.2, 0) is 11.3 Å². The first-order valence-corrected chi connectivity index (χ1v) is 9.12. The summed E-state index contributed by atoms with van der Waals surface area (Å²) in [6.45, 7) is 1.71. The summed E-state index contributed by atoms with van der Waals surface area (Å²) < 4.78 is 10.7. The molecule has 28 heavy (non-hydrogen) atoms. The number of aromatic nitrogens is 2. The van der Waals surface area contributed by atoms with Crippen LogP contribution in [0, 0.1) is 17.0 Å². The second kappa shape index (κ2) is 7.20. The summed E-state index contributed by atoms with van der Waals surface area (Å²) in [5.74, 6) is -0.546. The van der Waals surface area contributed by atoms with Gasteiger partial charge >= 0.3 is 5.97 Å². The average molecular weight is 395 g/mol. The van der Waals surface area contributed by atoms with E-state index in [4.69, 9.17) is 9.26 Å². The van der Waals surface area contributed by atoms with E-state index in [1.165, 1.54) is 23.5 Å². The van der Waals surface area contributed by atoms with Crippen LogP contribution < -0.4 is 0 Å². The van der Waals surface area contributed by atoms with Crippen LogP contribution in [0.1, 0.15) is 21.6 Å². The highest BCUT2D eigenvalue weighted by atomic mass is 32.1. The molecule has 0 aliphatic heterocycles. The summed E-state index contributed by atoms with van der Waals surface area (Å²) in [5, 5.41) is 17.0. The molecule has 4 rings (SSSR count). The van der Waals surface area contributed by atoms with Gasteiger partial charge < -0.3 is 9.26 Å². The summed E-state index contributed by atoms with van der Waals surface area (Å²) in [4.78, 5) is 28.3. The Morgan fingerprint density at radius 3 is 2.75 bits per heavy atom. The molecule has 0 atom stereocenters. The number of pyridine rings is 1. The Morgan fingerprint density at radius 2 is 2.07 bits per heavy atom. The number of nitro benzene ring substituents is 1. The van der Waals surface area contributed by atoms with Gasteiger partial charge in [-0.1, -0.05) is 11.2 Å². The van der Waals surface area contributed by atoms with Crippen LogP contribution in [0.15, 0.2) is 52.4 Å².